The number of likely N-dealkylation sites (tertiary alicyclic amines) is 1. The molecule has 7 heteroatoms. The molecule has 0 unspecified atom stereocenters. The van der Waals surface area contributed by atoms with Crippen LogP contribution in [0.1, 0.15) is 24.0 Å². The topological polar surface area (TPSA) is 87.1 Å². The van der Waals surface area contributed by atoms with Gasteiger partial charge in [-0.1, -0.05) is 24.3 Å². The van der Waals surface area contributed by atoms with Crippen LogP contribution < -0.4 is 5.32 Å². The summed E-state index contributed by atoms with van der Waals surface area (Å²) >= 11 is 0. The van der Waals surface area contributed by atoms with E-state index in [1.807, 2.05) is 24.5 Å². The second-order valence-corrected chi connectivity index (χ2v) is 8.82. The summed E-state index contributed by atoms with van der Waals surface area (Å²) in [6, 6.07) is 8.22. The van der Waals surface area contributed by atoms with Crippen LogP contribution in [0.3, 0.4) is 0 Å². The lowest BCUT2D eigenvalue weighted by atomic mass is 9.77. The third kappa shape index (κ3) is 4.43. The summed E-state index contributed by atoms with van der Waals surface area (Å²) < 4.78 is 0. The van der Waals surface area contributed by atoms with Gasteiger partial charge in [0.1, 0.15) is 5.82 Å². The lowest BCUT2D eigenvalue weighted by Crippen LogP contribution is -2.43. The standard InChI is InChI=1S/C24H28N6O/c1-16-4-2-3-5-20(16)24-27-10-17(11-28-24)13-30-14-18-8-21(22(31)9-19(18)15-30)29-23-12-25-6-7-26-23/h2-7,10-12,18-19,21-22,31H,8-9,13-15H2,1H3,(H,26,29)/t18-,19+,21-,22-/m1/s1. The summed E-state index contributed by atoms with van der Waals surface area (Å²) in [4.78, 5) is 20.1. The molecule has 2 aliphatic rings. The van der Waals surface area contributed by atoms with Gasteiger partial charge in [-0.05, 0) is 37.2 Å². The van der Waals surface area contributed by atoms with Crippen LogP contribution in [0.4, 0.5) is 5.82 Å². The second-order valence-electron chi connectivity index (χ2n) is 8.82. The van der Waals surface area contributed by atoms with Crippen LogP contribution >= 0.6 is 0 Å². The highest BCUT2D eigenvalue weighted by atomic mass is 16.3. The Morgan fingerprint density at radius 1 is 1.00 bits per heavy atom. The minimum Gasteiger partial charge on any atom is -0.391 e. The fourth-order valence-corrected chi connectivity index (χ4v) is 5.03. The number of hydrogen-bond acceptors (Lipinski definition) is 7. The number of benzene rings is 1. The Balaban J connectivity index is 1.20. The van der Waals surface area contributed by atoms with Gasteiger partial charge in [0.05, 0.1) is 18.3 Å². The van der Waals surface area contributed by atoms with Gasteiger partial charge < -0.3 is 10.4 Å². The van der Waals surface area contributed by atoms with Crippen molar-refractivity contribution in [3.05, 3.63) is 66.4 Å². The molecule has 7 nitrogen and oxygen atoms in total. The molecule has 3 aromatic rings. The number of aryl methyl sites for hydroxylation is 1. The van der Waals surface area contributed by atoms with Crippen molar-refractivity contribution in [1.82, 2.24) is 24.8 Å². The molecule has 31 heavy (non-hydrogen) atoms. The zero-order valence-electron chi connectivity index (χ0n) is 17.7. The van der Waals surface area contributed by atoms with Gasteiger partial charge in [-0.3, -0.25) is 9.88 Å². The van der Waals surface area contributed by atoms with Crippen molar-refractivity contribution in [2.75, 3.05) is 18.4 Å². The Morgan fingerprint density at radius 2 is 1.77 bits per heavy atom. The Morgan fingerprint density at radius 3 is 2.52 bits per heavy atom. The van der Waals surface area contributed by atoms with Crippen LogP contribution in [-0.4, -0.2) is 55.2 Å². The summed E-state index contributed by atoms with van der Waals surface area (Å²) in [5.74, 6) is 2.61. The number of anilines is 1. The van der Waals surface area contributed by atoms with E-state index in [0.29, 0.717) is 11.8 Å². The molecule has 4 atom stereocenters. The van der Waals surface area contributed by atoms with Crippen molar-refractivity contribution in [2.45, 2.75) is 38.5 Å². The largest absolute Gasteiger partial charge is 0.391 e. The summed E-state index contributed by atoms with van der Waals surface area (Å²) in [6.45, 7) is 4.98. The first-order valence-corrected chi connectivity index (χ1v) is 11.0. The number of aliphatic hydroxyl groups is 1. The van der Waals surface area contributed by atoms with Crippen LogP contribution in [0, 0.1) is 18.8 Å². The molecule has 0 amide bonds. The molecule has 1 aliphatic carbocycles. The Bertz CT molecular complexity index is 1010. The van der Waals surface area contributed by atoms with Gasteiger partial charge in [-0.15, -0.1) is 0 Å². The van der Waals surface area contributed by atoms with Gasteiger partial charge in [0.25, 0.3) is 0 Å². The SMILES string of the molecule is Cc1ccccc1-c1ncc(CN2C[C@H]3C[C@@H](Nc4cnccn4)[C@H](O)C[C@H]3C2)cn1. The van der Waals surface area contributed by atoms with E-state index >= 15 is 0 Å². The average Bonchev–Trinajstić information content (AvgIpc) is 3.16. The molecule has 1 saturated carbocycles. The highest BCUT2D eigenvalue weighted by Crippen LogP contribution is 2.37. The normalized spacial score (nSPS) is 25.9. The maximum atomic E-state index is 10.7. The maximum Gasteiger partial charge on any atom is 0.159 e. The van der Waals surface area contributed by atoms with E-state index in [-0.39, 0.29) is 12.1 Å². The zero-order chi connectivity index (χ0) is 21.2. The van der Waals surface area contributed by atoms with Crippen LogP contribution in [0.25, 0.3) is 11.4 Å². The molecule has 0 radical (unpaired) electrons. The first-order valence-electron chi connectivity index (χ1n) is 11.0. The Hall–Kier alpha value is -2.90. The lowest BCUT2D eigenvalue weighted by molar-refractivity contribution is 0.0735. The van der Waals surface area contributed by atoms with E-state index < -0.39 is 0 Å². The van der Waals surface area contributed by atoms with Crippen LogP contribution in [-0.2, 0) is 6.54 Å². The van der Waals surface area contributed by atoms with Crippen molar-refractivity contribution in [3.63, 3.8) is 0 Å². The predicted molar refractivity (Wildman–Crippen MR) is 119 cm³/mol. The van der Waals surface area contributed by atoms with Crippen LogP contribution in [0.2, 0.25) is 0 Å². The summed E-state index contributed by atoms with van der Waals surface area (Å²) in [7, 11) is 0. The summed E-state index contributed by atoms with van der Waals surface area (Å²) in [5.41, 5.74) is 3.39. The molecule has 160 valence electrons. The van der Waals surface area contributed by atoms with E-state index in [1.54, 1.807) is 18.6 Å². The van der Waals surface area contributed by atoms with E-state index in [0.717, 1.165) is 55.2 Å². The van der Waals surface area contributed by atoms with E-state index in [9.17, 15) is 5.11 Å². The predicted octanol–water partition coefficient (Wildman–Crippen LogP) is 2.93. The minimum absolute atomic E-state index is 0.0228. The molecular formula is C24H28N6O. The number of nitrogens with one attached hydrogen (secondary N) is 1. The minimum atomic E-state index is -0.361. The highest BCUT2D eigenvalue weighted by Gasteiger charge is 2.41. The van der Waals surface area contributed by atoms with Gasteiger partial charge in [0.2, 0.25) is 0 Å². The number of hydrogen-bond donors (Lipinski definition) is 2. The fraction of sp³-hybridized carbons (Fsp3) is 0.417. The molecule has 1 saturated heterocycles. The second kappa shape index (κ2) is 8.69. The third-order valence-corrected chi connectivity index (χ3v) is 6.61. The highest BCUT2D eigenvalue weighted by molar-refractivity contribution is 5.59. The number of aliphatic hydroxyl groups excluding tert-OH is 1. The number of fused-ring (bicyclic) bond motifs is 1. The van der Waals surface area contributed by atoms with Crippen molar-refractivity contribution in [3.8, 4) is 11.4 Å². The molecule has 2 N–H and O–H groups in total. The van der Waals surface area contributed by atoms with E-state index in [4.69, 9.17) is 0 Å². The molecule has 3 heterocycles. The van der Waals surface area contributed by atoms with Crippen molar-refractivity contribution in [1.29, 1.82) is 0 Å². The summed E-state index contributed by atoms with van der Waals surface area (Å²) in [5, 5.41) is 14.0. The van der Waals surface area contributed by atoms with Gasteiger partial charge in [-0.25, -0.2) is 15.0 Å². The number of rotatable bonds is 5. The van der Waals surface area contributed by atoms with Gasteiger partial charge in [0.15, 0.2) is 5.82 Å². The first-order chi connectivity index (χ1) is 15.2. The van der Waals surface area contributed by atoms with Crippen LogP contribution in [0.5, 0.6) is 0 Å². The maximum absolute atomic E-state index is 10.7. The molecule has 1 aromatic carbocycles. The average molecular weight is 417 g/mol. The molecule has 0 bridgehead atoms. The smallest absolute Gasteiger partial charge is 0.159 e. The molecule has 1 aliphatic heterocycles. The molecule has 2 aromatic heterocycles. The van der Waals surface area contributed by atoms with Crippen molar-refractivity contribution in [2.24, 2.45) is 11.8 Å². The number of aromatic nitrogens is 4. The number of nitrogens with zero attached hydrogens (tertiary/aromatic N) is 5. The van der Waals surface area contributed by atoms with Crippen LogP contribution in [0.15, 0.2) is 55.2 Å². The lowest BCUT2D eigenvalue weighted by Gasteiger charge is -2.35. The summed E-state index contributed by atoms with van der Waals surface area (Å²) in [6.07, 6.45) is 10.3. The molecule has 2 fully saturated rings. The third-order valence-electron chi connectivity index (χ3n) is 6.61. The monoisotopic (exact) mass is 416 g/mol. The zero-order valence-corrected chi connectivity index (χ0v) is 17.7. The van der Waals surface area contributed by atoms with Gasteiger partial charge in [-0.2, -0.15) is 0 Å². The fourth-order valence-electron chi connectivity index (χ4n) is 5.03. The van der Waals surface area contributed by atoms with Gasteiger partial charge in [0, 0.05) is 55.5 Å². The quantitative estimate of drug-likeness (QED) is 0.661. The Labute approximate surface area is 182 Å². The van der Waals surface area contributed by atoms with Gasteiger partial charge >= 0.3 is 0 Å². The van der Waals surface area contributed by atoms with E-state index in [1.165, 1.54) is 5.56 Å². The van der Waals surface area contributed by atoms with Crippen molar-refractivity contribution >= 4 is 5.82 Å². The molecule has 0 spiro atoms. The van der Waals surface area contributed by atoms with Crippen molar-refractivity contribution < 1.29 is 5.11 Å². The molecule has 5 rings (SSSR count). The molecular weight excluding hydrogens is 388 g/mol. The van der Waals surface area contributed by atoms with E-state index in [2.05, 4.69) is 49.2 Å². The Kier molecular flexibility index (Phi) is 5.61. The first kappa shape index (κ1) is 20.0.